The van der Waals surface area contributed by atoms with Crippen LogP contribution in [0.15, 0.2) is 23.8 Å². The minimum atomic E-state index is -0.517. The minimum Gasteiger partial charge on any atom is -0.389 e. The van der Waals surface area contributed by atoms with Gasteiger partial charge in [-0.1, -0.05) is 32.1 Å². The summed E-state index contributed by atoms with van der Waals surface area (Å²) in [6.07, 6.45) is 15.4. The second kappa shape index (κ2) is 11.1. The maximum atomic E-state index is 13.3. The van der Waals surface area contributed by atoms with Gasteiger partial charge in [-0.15, -0.1) is 11.6 Å². The van der Waals surface area contributed by atoms with Crippen LogP contribution in [0.25, 0.3) is 0 Å². The van der Waals surface area contributed by atoms with Crippen molar-refractivity contribution in [2.45, 2.75) is 83.1 Å². The number of hydrogen-bond acceptors (Lipinski definition) is 3. The van der Waals surface area contributed by atoms with Gasteiger partial charge in [0.15, 0.2) is 5.78 Å². The first kappa shape index (κ1) is 23.0. The van der Waals surface area contributed by atoms with E-state index in [4.69, 9.17) is 16.3 Å². The Morgan fingerprint density at radius 2 is 1.83 bits per heavy atom. The summed E-state index contributed by atoms with van der Waals surface area (Å²) < 4.78 is 5.38. The molecule has 1 saturated carbocycles. The van der Waals surface area contributed by atoms with E-state index in [1.807, 2.05) is 12.2 Å². The molecule has 2 aliphatic carbocycles. The number of carbonyl (C=O) groups excluding carboxylic acids is 1. The van der Waals surface area contributed by atoms with Crippen molar-refractivity contribution in [2.75, 3.05) is 13.2 Å². The molecule has 164 valence electrons. The Balaban J connectivity index is 1.57. The van der Waals surface area contributed by atoms with Crippen LogP contribution in [0.1, 0.15) is 71.6 Å². The molecule has 0 aromatic carbocycles. The summed E-state index contributed by atoms with van der Waals surface area (Å²) in [4.78, 5) is 13.3. The molecule has 3 nitrogen and oxygen atoms in total. The summed E-state index contributed by atoms with van der Waals surface area (Å²) in [5.41, 5.74) is 1.01. The number of rotatable bonds is 7. The molecule has 4 atom stereocenters. The highest BCUT2D eigenvalue weighted by Gasteiger charge is 2.30. The third-order valence-corrected chi connectivity index (χ3v) is 7.82. The highest BCUT2D eigenvalue weighted by Crippen LogP contribution is 2.39. The first-order valence-electron chi connectivity index (χ1n) is 11.8. The number of aliphatic hydroxyl groups excluding tert-OH is 1. The van der Waals surface area contributed by atoms with Gasteiger partial charge in [-0.2, -0.15) is 0 Å². The van der Waals surface area contributed by atoms with Crippen LogP contribution in [0.4, 0.5) is 0 Å². The summed E-state index contributed by atoms with van der Waals surface area (Å²) in [5.74, 6) is 2.02. The van der Waals surface area contributed by atoms with Crippen molar-refractivity contribution in [3.05, 3.63) is 23.8 Å². The predicted octanol–water partition coefficient (Wildman–Crippen LogP) is 5.70. The monoisotopic (exact) mass is 422 g/mol. The molecule has 1 aliphatic heterocycles. The van der Waals surface area contributed by atoms with Gasteiger partial charge in [-0.05, 0) is 81.1 Å². The molecule has 4 heteroatoms. The van der Waals surface area contributed by atoms with E-state index in [0.717, 1.165) is 62.5 Å². The van der Waals surface area contributed by atoms with E-state index in [1.165, 1.54) is 19.3 Å². The molecule has 1 heterocycles. The molecule has 0 aromatic heterocycles. The quantitative estimate of drug-likeness (QED) is 0.423. The molecule has 3 unspecified atom stereocenters. The SMILES string of the molecule is CC(C)[C@@H](/C=C/C(O)C1CCOC1)C(=O)C1=CCCC(C2CCC(Cl)CC2)CC1. The minimum absolute atomic E-state index is 0.151. The fourth-order valence-electron chi connectivity index (χ4n) is 5.34. The molecule has 2 fully saturated rings. The van der Waals surface area contributed by atoms with Crippen molar-refractivity contribution in [3.8, 4) is 0 Å². The number of alkyl halides is 1. The number of allylic oxidation sites excluding steroid dienone is 3. The van der Waals surface area contributed by atoms with Crippen LogP contribution in [0.3, 0.4) is 0 Å². The summed E-state index contributed by atoms with van der Waals surface area (Å²) in [7, 11) is 0. The van der Waals surface area contributed by atoms with Crippen LogP contribution in [0.5, 0.6) is 0 Å². The molecule has 0 aromatic rings. The van der Waals surface area contributed by atoms with Gasteiger partial charge in [0.05, 0.1) is 12.7 Å². The Kier molecular flexibility index (Phi) is 8.83. The lowest BCUT2D eigenvalue weighted by Gasteiger charge is -2.31. The van der Waals surface area contributed by atoms with Gasteiger partial charge in [-0.25, -0.2) is 0 Å². The van der Waals surface area contributed by atoms with Gasteiger partial charge in [-0.3, -0.25) is 4.79 Å². The molecule has 0 bridgehead atoms. The maximum Gasteiger partial charge on any atom is 0.165 e. The Bertz CT molecular complexity index is 583. The molecule has 3 rings (SSSR count). The first-order chi connectivity index (χ1) is 14.0. The van der Waals surface area contributed by atoms with Crippen LogP contribution in [-0.2, 0) is 9.53 Å². The Hall–Kier alpha value is -0.640. The summed E-state index contributed by atoms with van der Waals surface area (Å²) in [6.45, 7) is 5.54. The number of aliphatic hydroxyl groups is 1. The van der Waals surface area contributed by atoms with Gasteiger partial charge in [0.2, 0.25) is 0 Å². The van der Waals surface area contributed by atoms with Crippen LogP contribution < -0.4 is 0 Å². The highest BCUT2D eigenvalue weighted by atomic mass is 35.5. The molecular weight excluding hydrogens is 384 g/mol. The normalized spacial score (nSPS) is 33.5. The van der Waals surface area contributed by atoms with E-state index in [9.17, 15) is 9.90 Å². The van der Waals surface area contributed by atoms with E-state index < -0.39 is 6.10 Å². The van der Waals surface area contributed by atoms with Crippen molar-refractivity contribution in [1.29, 1.82) is 0 Å². The van der Waals surface area contributed by atoms with Gasteiger partial charge < -0.3 is 9.84 Å². The van der Waals surface area contributed by atoms with Gasteiger partial charge in [0.25, 0.3) is 0 Å². The average molecular weight is 423 g/mol. The zero-order chi connectivity index (χ0) is 20.8. The van der Waals surface area contributed by atoms with Crippen LogP contribution >= 0.6 is 11.6 Å². The van der Waals surface area contributed by atoms with Crippen LogP contribution in [-0.4, -0.2) is 35.6 Å². The lowest BCUT2D eigenvalue weighted by molar-refractivity contribution is -0.119. The second-order valence-electron chi connectivity index (χ2n) is 9.75. The van der Waals surface area contributed by atoms with Gasteiger partial charge in [0, 0.05) is 23.8 Å². The number of ketones is 1. The zero-order valence-corrected chi connectivity index (χ0v) is 18.9. The fourth-order valence-corrected chi connectivity index (χ4v) is 5.60. The third-order valence-electron chi connectivity index (χ3n) is 7.38. The smallest absolute Gasteiger partial charge is 0.165 e. The number of ether oxygens (including phenoxy) is 1. The summed E-state index contributed by atoms with van der Waals surface area (Å²) in [6, 6.07) is 0. The Labute approximate surface area is 181 Å². The molecule has 0 radical (unpaired) electrons. The topological polar surface area (TPSA) is 46.5 Å². The largest absolute Gasteiger partial charge is 0.389 e. The van der Waals surface area contributed by atoms with Crippen molar-refractivity contribution in [1.82, 2.24) is 0 Å². The summed E-state index contributed by atoms with van der Waals surface area (Å²) >= 11 is 6.29. The fraction of sp³-hybridized carbons (Fsp3) is 0.800. The van der Waals surface area contributed by atoms with E-state index in [1.54, 1.807) is 0 Å². The lowest BCUT2D eigenvalue weighted by Crippen LogP contribution is -2.23. The first-order valence-corrected chi connectivity index (χ1v) is 12.2. The van der Waals surface area contributed by atoms with E-state index in [2.05, 4.69) is 19.9 Å². The zero-order valence-electron chi connectivity index (χ0n) is 18.2. The second-order valence-corrected chi connectivity index (χ2v) is 10.4. The van der Waals surface area contributed by atoms with Crippen molar-refractivity contribution in [3.63, 3.8) is 0 Å². The average Bonchev–Trinajstić information content (AvgIpc) is 3.13. The van der Waals surface area contributed by atoms with Gasteiger partial charge >= 0.3 is 0 Å². The van der Waals surface area contributed by atoms with E-state index >= 15 is 0 Å². The van der Waals surface area contributed by atoms with Crippen molar-refractivity contribution in [2.24, 2.45) is 29.6 Å². The van der Waals surface area contributed by atoms with Crippen LogP contribution in [0, 0.1) is 29.6 Å². The van der Waals surface area contributed by atoms with E-state index in [0.29, 0.717) is 12.0 Å². The standard InChI is InChI=1S/C25H39ClO3/c1-17(2)23(12-13-24(27)21-14-15-29-16-21)25(28)20-5-3-4-18(6-7-20)19-8-10-22(26)11-9-19/h5,12-13,17-19,21-24,27H,3-4,6-11,14-16H2,1-2H3/b13-12+/t18?,19?,21?,22?,23-,24?/m1/s1. The van der Waals surface area contributed by atoms with Crippen molar-refractivity contribution < 1.29 is 14.6 Å². The number of hydrogen-bond donors (Lipinski definition) is 1. The number of carbonyl (C=O) groups is 1. The third kappa shape index (κ3) is 6.42. The highest BCUT2D eigenvalue weighted by molar-refractivity contribution is 6.20. The molecule has 1 N–H and O–H groups in total. The van der Waals surface area contributed by atoms with Crippen LogP contribution in [0.2, 0.25) is 0 Å². The van der Waals surface area contributed by atoms with Crippen molar-refractivity contribution >= 4 is 17.4 Å². The molecule has 1 saturated heterocycles. The molecular formula is C25H39ClO3. The summed E-state index contributed by atoms with van der Waals surface area (Å²) in [5, 5.41) is 10.8. The Morgan fingerprint density at radius 3 is 2.48 bits per heavy atom. The predicted molar refractivity (Wildman–Crippen MR) is 119 cm³/mol. The number of halogens is 1. The number of Topliss-reactive ketones (excluding diaryl/α,β-unsaturated/α-hetero) is 1. The lowest BCUT2D eigenvalue weighted by atomic mass is 9.76. The van der Waals surface area contributed by atoms with E-state index in [-0.39, 0.29) is 23.5 Å². The van der Waals surface area contributed by atoms with Gasteiger partial charge in [0.1, 0.15) is 0 Å². The molecule has 0 spiro atoms. The molecule has 29 heavy (non-hydrogen) atoms. The Morgan fingerprint density at radius 1 is 1.10 bits per heavy atom. The molecule has 0 amide bonds. The maximum absolute atomic E-state index is 13.3. The molecule has 3 aliphatic rings.